The second kappa shape index (κ2) is 6.08. The number of benzene rings is 1. The summed E-state index contributed by atoms with van der Waals surface area (Å²) in [5, 5.41) is 1.35. The Labute approximate surface area is 95.8 Å². The fourth-order valence-electron chi connectivity index (χ4n) is 1.24. The van der Waals surface area contributed by atoms with Crippen LogP contribution in [0.1, 0.15) is 31.4 Å². The van der Waals surface area contributed by atoms with Crippen molar-refractivity contribution < 1.29 is 4.43 Å². The van der Waals surface area contributed by atoms with E-state index in [-0.39, 0.29) is 0 Å². The third-order valence-electron chi connectivity index (χ3n) is 2.85. The average molecular weight is 220 g/mol. The Balaban J connectivity index is 2.47. The van der Waals surface area contributed by atoms with E-state index in [1.807, 2.05) is 0 Å². The highest BCUT2D eigenvalue weighted by molar-refractivity contribution is 6.47. The second-order valence-electron chi connectivity index (χ2n) is 4.17. The molecule has 0 amide bonds. The van der Waals surface area contributed by atoms with Gasteiger partial charge in [-0.05, 0) is 36.1 Å². The van der Waals surface area contributed by atoms with Gasteiger partial charge in [-0.15, -0.1) is 0 Å². The minimum Gasteiger partial charge on any atom is -0.411 e. The molecule has 0 aliphatic carbocycles. The third-order valence-corrected chi connectivity index (χ3v) is 3.92. The first-order valence-corrected chi connectivity index (χ1v) is 6.50. The molecule has 0 heterocycles. The largest absolute Gasteiger partial charge is 0.411 e. The minimum absolute atomic E-state index is 0.496. The molecule has 1 rings (SSSR count). The summed E-state index contributed by atoms with van der Waals surface area (Å²) < 4.78 is 5.74. The first kappa shape index (κ1) is 12.5. The zero-order chi connectivity index (χ0) is 11.3. The molecule has 2 radical (unpaired) electrons. The van der Waals surface area contributed by atoms with Gasteiger partial charge in [0, 0.05) is 6.61 Å². The van der Waals surface area contributed by atoms with E-state index < -0.39 is 0 Å². The van der Waals surface area contributed by atoms with Gasteiger partial charge >= 0.3 is 0 Å². The van der Waals surface area contributed by atoms with Crippen molar-refractivity contribution in [3.63, 3.8) is 0 Å². The predicted octanol–water partition coefficient (Wildman–Crippen LogP) is 2.61. The predicted molar refractivity (Wildman–Crippen MR) is 66.7 cm³/mol. The van der Waals surface area contributed by atoms with Crippen molar-refractivity contribution in [3.05, 3.63) is 29.3 Å². The highest BCUT2D eigenvalue weighted by atomic mass is 28.2. The van der Waals surface area contributed by atoms with Crippen LogP contribution in [-0.2, 0) is 4.43 Å². The molecule has 0 spiro atoms. The Morgan fingerprint density at radius 2 is 2.07 bits per heavy atom. The molecular weight excluding hydrogens is 200 g/mol. The van der Waals surface area contributed by atoms with Crippen LogP contribution in [0.4, 0.5) is 0 Å². The quantitative estimate of drug-likeness (QED) is 0.693. The fraction of sp³-hybridized carbons (Fsp3) is 0.538. The van der Waals surface area contributed by atoms with Crippen LogP contribution >= 0.6 is 0 Å². The molecule has 82 valence electrons. The third kappa shape index (κ3) is 3.80. The molecule has 1 nitrogen and oxygen atoms in total. The first-order valence-electron chi connectivity index (χ1n) is 5.59. The van der Waals surface area contributed by atoms with Crippen LogP contribution in [0, 0.1) is 19.8 Å². The molecule has 1 aromatic rings. The number of rotatable bonds is 5. The Kier molecular flexibility index (Phi) is 5.06. The van der Waals surface area contributed by atoms with Gasteiger partial charge in [0.05, 0.1) is 0 Å². The van der Waals surface area contributed by atoms with Crippen molar-refractivity contribution in [3.8, 4) is 0 Å². The lowest BCUT2D eigenvalue weighted by Gasteiger charge is -2.10. The summed E-state index contributed by atoms with van der Waals surface area (Å²) in [6, 6.07) is 6.42. The van der Waals surface area contributed by atoms with Gasteiger partial charge in [0.1, 0.15) is 0 Å². The molecular formula is C13H20OSi. The molecule has 2 heteroatoms. The van der Waals surface area contributed by atoms with Gasteiger partial charge in [-0.1, -0.05) is 38.5 Å². The van der Waals surface area contributed by atoms with Gasteiger partial charge in [0.15, 0.2) is 0 Å². The number of aryl methyl sites for hydroxylation is 1. The minimum atomic E-state index is 0.496. The Morgan fingerprint density at radius 3 is 2.73 bits per heavy atom. The van der Waals surface area contributed by atoms with Crippen LogP contribution in [0.5, 0.6) is 0 Å². The van der Waals surface area contributed by atoms with Crippen LogP contribution in [0.2, 0.25) is 0 Å². The van der Waals surface area contributed by atoms with Crippen LogP contribution < -0.4 is 5.19 Å². The summed E-state index contributed by atoms with van der Waals surface area (Å²) >= 11 is 0. The monoisotopic (exact) mass is 220 g/mol. The van der Waals surface area contributed by atoms with Crippen LogP contribution in [0.15, 0.2) is 18.2 Å². The van der Waals surface area contributed by atoms with Crippen LogP contribution in [0.3, 0.4) is 0 Å². The maximum Gasteiger partial charge on any atom is 0.268 e. The smallest absolute Gasteiger partial charge is 0.268 e. The van der Waals surface area contributed by atoms with Crippen molar-refractivity contribution >= 4 is 14.9 Å². The standard InChI is InChI=1S/C13H20OSi/c1-5-10(2)9-14-15-13-8-6-7-11(3)12(13)4/h6-8,10H,5,9H2,1-4H3. The molecule has 0 aliphatic heterocycles. The maximum absolute atomic E-state index is 5.74. The Hall–Kier alpha value is -0.603. The van der Waals surface area contributed by atoms with Crippen molar-refractivity contribution in [2.45, 2.75) is 34.1 Å². The van der Waals surface area contributed by atoms with Gasteiger partial charge < -0.3 is 4.43 Å². The van der Waals surface area contributed by atoms with Crippen LogP contribution in [0.25, 0.3) is 0 Å². The zero-order valence-corrected chi connectivity index (χ0v) is 11.1. The van der Waals surface area contributed by atoms with Gasteiger partial charge in [-0.3, -0.25) is 0 Å². The van der Waals surface area contributed by atoms with E-state index in [9.17, 15) is 0 Å². The van der Waals surface area contributed by atoms with E-state index in [0.29, 0.717) is 15.7 Å². The van der Waals surface area contributed by atoms with E-state index in [1.54, 1.807) is 0 Å². The number of hydrogen-bond donors (Lipinski definition) is 0. The molecule has 1 atom stereocenters. The van der Waals surface area contributed by atoms with E-state index in [2.05, 4.69) is 45.9 Å². The summed E-state index contributed by atoms with van der Waals surface area (Å²) in [6.07, 6.45) is 1.19. The lowest BCUT2D eigenvalue weighted by atomic mass is 10.1. The Bertz CT molecular complexity index is 309. The van der Waals surface area contributed by atoms with Gasteiger partial charge in [0.2, 0.25) is 0 Å². The van der Waals surface area contributed by atoms with Crippen molar-refractivity contribution in [2.75, 3.05) is 6.61 Å². The van der Waals surface area contributed by atoms with Crippen molar-refractivity contribution in [2.24, 2.45) is 5.92 Å². The van der Waals surface area contributed by atoms with E-state index in [0.717, 1.165) is 6.61 Å². The van der Waals surface area contributed by atoms with E-state index in [1.165, 1.54) is 22.7 Å². The topological polar surface area (TPSA) is 9.23 Å². The fourth-order valence-corrected chi connectivity index (χ4v) is 2.28. The summed E-state index contributed by atoms with van der Waals surface area (Å²) in [5.74, 6) is 0.669. The lowest BCUT2D eigenvalue weighted by molar-refractivity contribution is 0.273. The van der Waals surface area contributed by atoms with Gasteiger partial charge in [-0.25, -0.2) is 0 Å². The second-order valence-corrected chi connectivity index (χ2v) is 5.21. The van der Waals surface area contributed by atoms with E-state index in [4.69, 9.17) is 4.43 Å². The van der Waals surface area contributed by atoms with Gasteiger partial charge in [0.25, 0.3) is 9.76 Å². The molecule has 0 bridgehead atoms. The highest BCUT2D eigenvalue weighted by Gasteiger charge is 2.04. The van der Waals surface area contributed by atoms with Crippen molar-refractivity contribution in [1.82, 2.24) is 0 Å². The Morgan fingerprint density at radius 1 is 1.33 bits per heavy atom. The van der Waals surface area contributed by atoms with Gasteiger partial charge in [-0.2, -0.15) is 0 Å². The van der Waals surface area contributed by atoms with E-state index >= 15 is 0 Å². The normalized spacial score (nSPS) is 12.8. The summed E-state index contributed by atoms with van der Waals surface area (Å²) in [5.41, 5.74) is 2.73. The molecule has 0 aromatic heterocycles. The van der Waals surface area contributed by atoms with Crippen LogP contribution in [-0.4, -0.2) is 16.4 Å². The molecule has 0 aliphatic rings. The molecule has 1 aromatic carbocycles. The lowest BCUT2D eigenvalue weighted by Crippen LogP contribution is -2.23. The SMILES string of the molecule is CCC(C)CO[Si]c1cccc(C)c1C. The highest BCUT2D eigenvalue weighted by Crippen LogP contribution is 2.03. The first-order chi connectivity index (χ1) is 7.15. The maximum atomic E-state index is 5.74. The molecule has 15 heavy (non-hydrogen) atoms. The average Bonchev–Trinajstić information content (AvgIpc) is 2.24. The number of hydrogen-bond acceptors (Lipinski definition) is 1. The molecule has 0 saturated carbocycles. The molecule has 0 fully saturated rings. The summed E-state index contributed by atoms with van der Waals surface area (Å²) in [7, 11) is 0.496. The molecule has 1 unspecified atom stereocenters. The zero-order valence-electron chi connectivity index (χ0n) is 10.1. The summed E-state index contributed by atoms with van der Waals surface area (Å²) in [6.45, 7) is 9.63. The summed E-state index contributed by atoms with van der Waals surface area (Å²) in [4.78, 5) is 0. The molecule has 0 saturated heterocycles. The van der Waals surface area contributed by atoms with Crippen molar-refractivity contribution in [1.29, 1.82) is 0 Å². The molecule has 0 N–H and O–H groups in total.